The van der Waals surface area contributed by atoms with Crippen molar-refractivity contribution in [3.05, 3.63) is 163 Å². The minimum Gasteiger partial charge on any atom is -0.256 e. The Balaban J connectivity index is 1.34. The van der Waals surface area contributed by atoms with Gasteiger partial charge in [0.25, 0.3) is 0 Å². The Morgan fingerprint density at radius 2 is 0.935 bits per heavy atom. The highest BCUT2D eigenvalue weighted by atomic mass is 14.7. The summed E-state index contributed by atoms with van der Waals surface area (Å²) in [6.45, 7) is 6.90. The van der Waals surface area contributed by atoms with Gasteiger partial charge in [-0.2, -0.15) is 0 Å². The fourth-order valence-electron chi connectivity index (χ4n) is 7.11. The van der Waals surface area contributed by atoms with E-state index in [2.05, 4.69) is 166 Å². The van der Waals surface area contributed by atoms with E-state index in [1.165, 1.54) is 60.1 Å². The zero-order valence-electron chi connectivity index (χ0n) is 26.5. The molecule has 0 saturated heterocycles. The number of rotatable bonds is 4. The Bertz CT molecular complexity index is 2320. The van der Waals surface area contributed by atoms with Crippen LogP contribution in [0, 0.1) is 0 Å². The molecule has 0 atom stereocenters. The van der Waals surface area contributed by atoms with Gasteiger partial charge in [-0.25, -0.2) is 0 Å². The van der Waals surface area contributed by atoms with Crippen molar-refractivity contribution in [1.82, 2.24) is 4.98 Å². The molecule has 0 saturated carbocycles. The van der Waals surface area contributed by atoms with E-state index in [9.17, 15) is 0 Å². The number of hydrogen-bond acceptors (Lipinski definition) is 1. The maximum absolute atomic E-state index is 4.82. The van der Waals surface area contributed by atoms with Crippen LogP contribution in [0.3, 0.4) is 0 Å². The van der Waals surface area contributed by atoms with Crippen LogP contribution in [0.15, 0.2) is 158 Å². The van der Waals surface area contributed by atoms with Gasteiger partial charge < -0.3 is 0 Å². The number of benzene rings is 7. The third-order valence-corrected chi connectivity index (χ3v) is 9.25. The summed E-state index contributed by atoms with van der Waals surface area (Å²) in [7, 11) is 0. The first-order valence-electron chi connectivity index (χ1n) is 16.1. The van der Waals surface area contributed by atoms with Crippen LogP contribution in [0.25, 0.3) is 77.0 Å². The van der Waals surface area contributed by atoms with E-state index in [0.717, 1.165) is 22.4 Å². The third kappa shape index (κ3) is 4.76. The van der Waals surface area contributed by atoms with Crippen LogP contribution in [0.4, 0.5) is 0 Å². The molecule has 0 N–H and O–H groups in total. The molecule has 8 rings (SSSR count). The number of aromatic nitrogens is 1. The first-order chi connectivity index (χ1) is 22.5. The maximum Gasteiger partial charge on any atom is 0.0702 e. The van der Waals surface area contributed by atoms with Crippen molar-refractivity contribution < 1.29 is 0 Å². The maximum atomic E-state index is 4.82. The highest BCUT2D eigenvalue weighted by Gasteiger charge is 2.21. The summed E-state index contributed by atoms with van der Waals surface area (Å²) in [6, 6.07) is 55.0. The smallest absolute Gasteiger partial charge is 0.0702 e. The summed E-state index contributed by atoms with van der Waals surface area (Å²) >= 11 is 0. The third-order valence-electron chi connectivity index (χ3n) is 9.25. The largest absolute Gasteiger partial charge is 0.256 e. The fourth-order valence-corrected chi connectivity index (χ4v) is 7.11. The molecule has 0 aliphatic carbocycles. The van der Waals surface area contributed by atoms with Gasteiger partial charge >= 0.3 is 0 Å². The highest BCUT2D eigenvalue weighted by Crippen LogP contribution is 2.46. The molecule has 0 bridgehead atoms. The van der Waals surface area contributed by atoms with Crippen LogP contribution in [0.1, 0.15) is 26.3 Å². The molecule has 7 aromatic carbocycles. The fraction of sp³-hybridized carbons (Fsp3) is 0.0889. The van der Waals surface area contributed by atoms with E-state index in [1.54, 1.807) is 0 Å². The Morgan fingerprint density at radius 1 is 0.391 bits per heavy atom. The van der Waals surface area contributed by atoms with Crippen molar-refractivity contribution in [2.45, 2.75) is 26.2 Å². The van der Waals surface area contributed by atoms with E-state index >= 15 is 0 Å². The summed E-state index contributed by atoms with van der Waals surface area (Å²) in [5.41, 5.74) is 10.8. The Hall–Kier alpha value is -5.53. The SMILES string of the molecule is CC(C)(C)c1cccc2c(-c3c4ccccc4c(-c4cccc(-c5ccc(-c6ccccc6)nc5)c4)c4ccccc34)cccc12. The molecule has 8 aromatic rings. The van der Waals surface area contributed by atoms with Crippen LogP contribution >= 0.6 is 0 Å². The number of pyridine rings is 1. The summed E-state index contributed by atoms with van der Waals surface area (Å²) in [5.74, 6) is 0. The van der Waals surface area contributed by atoms with E-state index in [1.807, 2.05) is 12.3 Å². The molecule has 1 aromatic heterocycles. The lowest BCUT2D eigenvalue weighted by atomic mass is 9.81. The van der Waals surface area contributed by atoms with E-state index in [0.29, 0.717) is 0 Å². The van der Waals surface area contributed by atoms with E-state index < -0.39 is 0 Å². The average molecular weight is 590 g/mol. The monoisotopic (exact) mass is 589 g/mol. The van der Waals surface area contributed by atoms with Gasteiger partial charge in [-0.15, -0.1) is 0 Å². The molecule has 0 radical (unpaired) electrons. The first-order valence-corrected chi connectivity index (χ1v) is 16.1. The van der Waals surface area contributed by atoms with Gasteiger partial charge in [0, 0.05) is 17.3 Å². The Labute approximate surface area is 270 Å². The van der Waals surface area contributed by atoms with Crippen LogP contribution in [0.2, 0.25) is 0 Å². The molecule has 0 amide bonds. The van der Waals surface area contributed by atoms with Crippen molar-refractivity contribution >= 4 is 32.3 Å². The first kappa shape index (κ1) is 28.0. The molecule has 0 fully saturated rings. The topological polar surface area (TPSA) is 12.9 Å². The molecule has 220 valence electrons. The van der Waals surface area contributed by atoms with Gasteiger partial charge in [0.05, 0.1) is 5.69 Å². The highest BCUT2D eigenvalue weighted by molar-refractivity contribution is 6.23. The molecular weight excluding hydrogens is 555 g/mol. The van der Waals surface area contributed by atoms with Gasteiger partial charge in [0.1, 0.15) is 0 Å². The molecule has 0 spiro atoms. The predicted molar refractivity (Wildman–Crippen MR) is 197 cm³/mol. The molecule has 1 heterocycles. The second-order valence-electron chi connectivity index (χ2n) is 13.2. The van der Waals surface area contributed by atoms with E-state index in [4.69, 9.17) is 4.98 Å². The lowest BCUT2D eigenvalue weighted by Crippen LogP contribution is -2.11. The zero-order chi connectivity index (χ0) is 31.3. The van der Waals surface area contributed by atoms with Gasteiger partial charge in [0.15, 0.2) is 0 Å². The molecule has 1 heteroatoms. The standard InChI is InChI=1S/C45H35N/c1-45(2,3)41-25-13-22-34-35(41)23-12-24-36(34)44-39-20-9-7-18-37(39)43(38-19-8-10-21-40(38)44)32-17-11-16-31(28-32)33-26-27-42(46-29-33)30-14-5-4-6-15-30/h4-29H,1-3H3. The van der Waals surface area contributed by atoms with Gasteiger partial charge in [-0.3, -0.25) is 4.98 Å². The average Bonchev–Trinajstić information content (AvgIpc) is 3.10. The zero-order valence-corrected chi connectivity index (χ0v) is 26.5. The molecule has 0 unspecified atom stereocenters. The molecular formula is C45H35N. The summed E-state index contributed by atoms with van der Waals surface area (Å²) in [4.78, 5) is 4.82. The molecule has 1 nitrogen and oxygen atoms in total. The second kappa shape index (κ2) is 11.1. The minimum absolute atomic E-state index is 0.0501. The van der Waals surface area contributed by atoms with Gasteiger partial charge in [-0.1, -0.05) is 160 Å². The van der Waals surface area contributed by atoms with Gasteiger partial charge in [0.2, 0.25) is 0 Å². The number of fused-ring (bicyclic) bond motifs is 3. The van der Waals surface area contributed by atoms with Crippen molar-refractivity contribution in [2.75, 3.05) is 0 Å². The molecule has 46 heavy (non-hydrogen) atoms. The minimum atomic E-state index is 0.0501. The van der Waals surface area contributed by atoms with Crippen molar-refractivity contribution in [1.29, 1.82) is 0 Å². The molecule has 0 aliphatic rings. The second-order valence-corrected chi connectivity index (χ2v) is 13.2. The van der Waals surface area contributed by atoms with Crippen molar-refractivity contribution in [2.24, 2.45) is 0 Å². The lowest BCUT2D eigenvalue weighted by Gasteiger charge is -2.23. The van der Waals surface area contributed by atoms with Crippen molar-refractivity contribution in [3.8, 4) is 44.6 Å². The van der Waals surface area contributed by atoms with E-state index in [-0.39, 0.29) is 5.41 Å². The normalized spacial score (nSPS) is 11.8. The van der Waals surface area contributed by atoms with Crippen LogP contribution < -0.4 is 0 Å². The quantitative estimate of drug-likeness (QED) is 0.186. The predicted octanol–water partition coefficient (Wildman–Crippen LogP) is 12.5. The van der Waals surface area contributed by atoms with Crippen molar-refractivity contribution in [3.63, 3.8) is 0 Å². The van der Waals surface area contributed by atoms with Crippen LogP contribution in [-0.4, -0.2) is 4.98 Å². The lowest BCUT2D eigenvalue weighted by molar-refractivity contribution is 0.596. The summed E-state index contributed by atoms with van der Waals surface area (Å²) in [6.07, 6.45) is 1.99. The number of hydrogen-bond donors (Lipinski definition) is 0. The van der Waals surface area contributed by atoms with Crippen LogP contribution in [-0.2, 0) is 5.41 Å². The Morgan fingerprint density at radius 3 is 1.59 bits per heavy atom. The summed E-state index contributed by atoms with van der Waals surface area (Å²) < 4.78 is 0. The Kier molecular flexibility index (Phi) is 6.76. The van der Waals surface area contributed by atoms with Crippen LogP contribution in [0.5, 0.6) is 0 Å². The molecule has 0 aliphatic heterocycles. The number of nitrogens with zero attached hydrogens (tertiary/aromatic N) is 1. The van der Waals surface area contributed by atoms with Gasteiger partial charge in [-0.05, 0) is 83.2 Å². The summed E-state index contributed by atoms with van der Waals surface area (Å²) in [5, 5.41) is 7.67.